The Labute approximate surface area is 106 Å². The van der Waals surface area contributed by atoms with Crippen molar-refractivity contribution in [1.29, 1.82) is 0 Å². The van der Waals surface area contributed by atoms with Gasteiger partial charge in [0.25, 0.3) is 0 Å². The Hall–Kier alpha value is -0.870. The number of aromatic nitrogens is 2. The highest BCUT2D eigenvalue weighted by Gasteiger charge is 2.36. The summed E-state index contributed by atoms with van der Waals surface area (Å²) in [6.45, 7) is 4.78. The smallest absolute Gasteiger partial charge is 0.157 e. The lowest BCUT2D eigenvalue weighted by molar-refractivity contribution is -0.123. The lowest BCUT2D eigenvalue weighted by atomic mass is 9.90. The fourth-order valence-corrected chi connectivity index (χ4v) is 2.60. The van der Waals surface area contributed by atoms with Gasteiger partial charge in [-0.05, 0) is 33.2 Å². The number of nitrogens with one attached hydrogen (secondary N) is 1. The van der Waals surface area contributed by atoms with Gasteiger partial charge < -0.3 is 5.32 Å². The summed E-state index contributed by atoms with van der Waals surface area (Å²) < 4.78 is 1.61. The first-order chi connectivity index (χ1) is 7.94. The second-order valence-electron chi connectivity index (χ2n) is 4.94. The first-order valence-corrected chi connectivity index (χ1v) is 6.28. The predicted octanol–water partition coefficient (Wildman–Crippen LogP) is 1.64. The molecule has 94 valence electrons. The van der Waals surface area contributed by atoms with Crippen LogP contribution in [0.15, 0.2) is 0 Å². The van der Waals surface area contributed by atoms with Gasteiger partial charge in [-0.3, -0.25) is 9.48 Å². The number of Topliss-reactive ketones (excluding diaryl/α,β-unsaturated/α-hetero) is 1. The molecule has 4 nitrogen and oxygen atoms in total. The van der Waals surface area contributed by atoms with Crippen LogP contribution in [0.1, 0.15) is 31.0 Å². The molecule has 1 unspecified atom stereocenters. The summed E-state index contributed by atoms with van der Waals surface area (Å²) in [6.07, 6.45) is 2.33. The van der Waals surface area contributed by atoms with Crippen LogP contribution in [-0.2, 0) is 18.3 Å². The highest BCUT2D eigenvalue weighted by atomic mass is 35.5. The van der Waals surface area contributed by atoms with Crippen LogP contribution in [-0.4, -0.2) is 27.6 Å². The predicted molar refractivity (Wildman–Crippen MR) is 67.3 cm³/mol. The maximum Gasteiger partial charge on any atom is 0.157 e. The molecule has 1 atom stereocenters. The van der Waals surface area contributed by atoms with Crippen molar-refractivity contribution in [3.8, 4) is 0 Å². The molecular formula is C12H18ClN3O. The molecule has 0 aliphatic carbocycles. The molecule has 2 rings (SSSR count). The van der Waals surface area contributed by atoms with Crippen molar-refractivity contribution in [2.45, 2.75) is 38.6 Å². The van der Waals surface area contributed by atoms with Gasteiger partial charge in [0.2, 0.25) is 0 Å². The molecule has 1 aromatic rings. The third-order valence-electron chi connectivity index (χ3n) is 3.59. The van der Waals surface area contributed by atoms with E-state index in [1.165, 1.54) is 0 Å². The molecule has 0 spiro atoms. The maximum atomic E-state index is 12.3. The lowest BCUT2D eigenvalue weighted by Crippen LogP contribution is -2.45. The summed E-state index contributed by atoms with van der Waals surface area (Å²) in [4.78, 5) is 12.3. The van der Waals surface area contributed by atoms with E-state index in [1.54, 1.807) is 11.7 Å². The molecule has 17 heavy (non-hydrogen) atoms. The van der Waals surface area contributed by atoms with E-state index in [9.17, 15) is 4.79 Å². The minimum atomic E-state index is -0.383. The Morgan fingerprint density at radius 2 is 2.35 bits per heavy atom. The minimum absolute atomic E-state index is 0.202. The van der Waals surface area contributed by atoms with E-state index in [1.807, 2.05) is 13.8 Å². The number of hydrogen-bond donors (Lipinski definition) is 1. The van der Waals surface area contributed by atoms with Gasteiger partial charge in [-0.2, -0.15) is 5.10 Å². The number of halogens is 1. The zero-order valence-corrected chi connectivity index (χ0v) is 11.3. The van der Waals surface area contributed by atoms with Crippen molar-refractivity contribution >= 4 is 17.4 Å². The molecule has 0 aromatic carbocycles. The van der Waals surface area contributed by atoms with Gasteiger partial charge in [-0.15, -0.1) is 0 Å². The maximum absolute atomic E-state index is 12.3. The van der Waals surface area contributed by atoms with Crippen molar-refractivity contribution in [2.24, 2.45) is 7.05 Å². The van der Waals surface area contributed by atoms with E-state index in [0.717, 1.165) is 30.6 Å². The monoisotopic (exact) mass is 255 g/mol. The molecule has 5 heteroatoms. The molecule has 0 bridgehead atoms. The third kappa shape index (κ3) is 2.24. The third-order valence-corrected chi connectivity index (χ3v) is 4.06. The molecule has 2 heterocycles. The summed E-state index contributed by atoms with van der Waals surface area (Å²) >= 11 is 6.14. The number of carbonyl (C=O) groups is 1. The first-order valence-electron chi connectivity index (χ1n) is 5.90. The Morgan fingerprint density at radius 3 is 2.82 bits per heavy atom. The van der Waals surface area contributed by atoms with Gasteiger partial charge in [0.1, 0.15) is 5.15 Å². The summed E-state index contributed by atoms with van der Waals surface area (Å²) in [6, 6.07) is 0. The van der Waals surface area contributed by atoms with Crippen LogP contribution in [0.5, 0.6) is 0 Å². The second kappa shape index (κ2) is 4.42. The molecule has 0 saturated carbocycles. The van der Waals surface area contributed by atoms with Crippen LogP contribution in [0.25, 0.3) is 0 Å². The van der Waals surface area contributed by atoms with Gasteiger partial charge in [0.15, 0.2) is 5.78 Å². The van der Waals surface area contributed by atoms with Crippen molar-refractivity contribution < 1.29 is 4.79 Å². The number of hydrogen-bond acceptors (Lipinski definition) is 3. The molecule has 1 fully saturated rings. The molecule has 1 aromatic heterocycles. The van der Waals surface area contributed by atoms with Crippen LogP contribution in [0, 0.1) is 6.92 Å². The van der Waals surface area contributed by atoms with E-state index in [2.05, 4.69) is 10.4 Å². The number of aryl methyl sites for hydroxylation is 2. The summed E-state index contributed by atoms with van der Waals surface area (Å²) in [5.74, 6) is 0.202. The Balaban J connectivity index is 2.18. The minimum Gasteiger partial charge on any atom is -0.305 e. The average Bonchev–Trinajstić information content (AvgIpc) is 2.80. The zero-order chi connectivity index (χ0) is 12.6. The standard InChI is InChI=1S/C12H18ClN3O/c1-8-9(11(13)16(3)15-8)7-10(17)12(2)5-4-6-14-12/h14H,4-7H2,1-3H3. The molecule has 0 amide bonds. The number of rotatable bonds is 3. The number of nitrogens with zero attached hydrogens (tertiary/aromatic N) is 2. The normalized spacial score (nSPS) is 24.2. The van der Waals surface area contributed by atoms with Crippen LogP contribution in [0.3, 0.4) is 0 Å². The van der Waals surface area contributed by atoms with E-state index in [0.29, 0.717) is 11.6 Å². The number of carbonyl (C=O) groups excluding carboxylic acids is 1. The average molecular weight is 256 g/mol. The highest BCUT2D eigenvalue weighted by Crippen LogP contribution is 2.25. The summed E-state index contributed by atoms with van der Waals surface area (Å²) in [5, 5.41) is 8.07. The van der Waals surface area contributed by atoms with E-state index in [-0.39, 0.29) is 11.3 Å². The van der Waals surface area contributed by atoms with Gasteiger partial charge >= 0.3 is 0 Å². The van der Waals surface area contributed by atoms with Gasteiger partial charge in [0, 0.05) is 19.0 Å². The first kappa shape index (κ1) is 12.6. The van der Waals surface area contributed by atoms with Crippen molar-refractivity contribution in [1.82, 2.24) is 15.1 Å². The van der Waals surface area contributed by atoms with Crippen LogP contribution < -0.4 is 5.32 Å². The van der Waals surface area contributed by atoms with Gasteiger partial charge in [-0.25, -0.2) is 0 Å². The summed E-state index contributed by atoms with van der Waals surface area (Å²) in [5.41, 5.74) is 1.31. The van der Waals surface area contributed by atoms with Crippen molar-refractivity contribution in [3.05, 3.63) is 16.4 Å². The SMILES string of the molecule is Cc1nn(C)c(Cl)c1CC(=O)C1(C)CCCN1. The van der Waals surface area contributed by atoms with E-state index >= 15 is 0 Å². The van der Waals surface area contributed by atoms with Gasteiger partial charge in [-0.1, -0.05) is 11.6 Å². The van der Waals surface area contributed by atoms with E-state index in [4.69, 9.17) is 11.6 Å². The fourth-order valence-electron chi connectivity index (χ4n) is 2.36. The zero-order valence-electron chi connectivity index (χ0n) is 10.5. The molecule has 1 aliphatic heterocycles. The summed E-state index contributed by atoms with van der Waals surface area (Å²) in [7, 11) is 1.79. The molecule has 1 saturated heterocycles. The second-order valence-corrected chi connectivity index (χ2v) is 5.30. The molecular weight excluding hydrogens is 238 g/mol. The van der Waals surface area contributed by atoms with Crippen LogP contribution in [0.4, 0.5) is 0 Å². The van der Waals surface area contributed by atoms with Crippen LogP contribution >= 0.6 is 11.6 Å². The molecule has 0 radical (unpaired) electrons. The highest BCUT2D eigenvalue weighted by molar-refractivity contribution is 6.30. The quantitative estimate of drug-likeness (QED) is 0.893. The Bertz CT molecular complexity index is 447. The van der Waals surface area contributed by atoms with Crippen molar-refractivity contribution in [2.75, 3.05) is 6.54 Å². The van der Waals surface area contributed by atoms with Crippen LogP contribution in [0.2, 0.25) is 5.15 Å². The van der Waals surface area contributed by atoms with Crippen molar-refractivity contribution in [3.63, 3.8) is 0 Å². The fraction of sp³-hybridized carbons (Fsp3) is 0.667. The Kier molecular flexibility index (Phi) is 3.27. The van der Waals surface area contributed by atoms with Gasteiger partial charge in [0.05, 0.1) is 11.2 Å². The lowest BCUT2D eigenvalue weighted by Gasteiger charge is -2.22. The molecule has 1 aliphatic rings. The largest absolute Gasteiger partial charge is 0.305 e. The van der Waals surface area contributed by atoms with E-state index < -0.39 is 0 Å². The Morgan fingerprint density at radius 1 is 1.65 bits per heavy atom. The number of ketones is 1. The topological polar surface area (TPSA) is 46.9 Å². The molecule has 1 N–H and O–H groups in total.